The van der Waals surface area contributed by atoms with Gasteiger partial charge in [-0.05, 0) is 32.0 Å². The van der Waals surface area contributed by atoms with Crippen molar-refractivity contribution >= 4 is 5.91 Å². The van der Waals surface area contributed by atoms with Crippen LogP contribution in [0.1, 0.15) is 34.9 Å². The molecule has 122 valence electrons. The number of ether oxygens (including phenoxy) is 1. The lowest BCUT2D eigenvalue weighted by Crippen LogP contribution is -2.29. The van der Waals surface area contributed by atoms with Crippen molar-refractivity contribution in [3.8, 4) is 5.75 Å². The lowest BCUT2D eigenvalue weighted by atomic mass is 10.1. The van der Waals surface area contributed by atoms with Crippen molar-refractivity contribution in [2.45, 2.75) is 25.4 Å². The highest BCUT2D eigenvalue weighted by molar-refractivity contribution is 5.91. The molecule has 0 bridgehead atoms. The summed E-state index contributed by atoms with van der Waals surface area (Å²) in [6.07, 6.45) is 3.74. The largest absolute Gasteiger partial charge is 0.496 e. The fraction of sp³-hybridized carbons (Fsp3) is 0.438. The topological polar surface area (TPSA) is 81.1 Å². The minimum atomic E-state index is -0.226. The van der Waals surface area contributed by atoms with Crippen molar-refractivity contribution in [3.63, 3.8) is 0 Å². The fourth-order valence-corrected chi connectivity index (χ4v) is 2.75. The van der Waals surface area contributed by atoms with Crippen LogP contribution in [-0.4, -0.2) is 41.1 Å². The smallest absolute Gasteiger partial charge is 0.273 e. The molecule has 1 aromatic carbocycles. The molecule has 3 rings (SSSR count). The molecule has 1 aliphatic heterocycles. The molecule has 1 aliphatic rings. The van der Waals surface area contributed by atoms with Gasteiger partial charge in [-0.3, -0.25) is 4.79 Å². The van der Waals surface area contributed by atoms with Crippen LogP contribution in [0.15, 0.2) is 30.5 Å². The van der Waals surface area contributed by atoms with Crippen LogP contribution in [-0.2, 0) is 6.54 Å². The molecule has 0 radical (unpaired) electrons. The monoisotopic (exact) mass is 315 g/mol. The maximum absolute atomic E-state index is 12.2. The number of nitrogens with zero attached hydrogens (tertiary/aromatic N) is 3. The third-order valence-electron chi connectivity index (χ3n) is 4.06. The maximum atomic E-state index is 12.2. The molecule has 1 fully saturated rings. The van der Waals surface area contributed by atoms with Gasteiger partial charge in [0, 0.05) is 12.1 Å². The maximum Gasteiger partial charge on any atom is 0.273 e. The summed E-state index contributed by atoms with van der Waals surface area (Å²) in [5, 5.41) is 14.3. The summed E-state index contributed by atoms with van der Waals surface area (Å²) < 4.78 is 7.08. The van der Waals surface area contributed by atoms with Crippen LogP contribution in [0.2, 0.25) is 0 Å². The number of piperidine rings is 1. The standard InChI is InChI=1S/C16H21N5O2/c1-23-15-5-3-2-4-12(15)10-18-16(22)14-11-21(20-19-14)13-6-8-17-9-7-13/h2-5,11,13,17H,6-10H2,1H3,(H,18,22). The van der Waals surface area contributed by atoms with Gasteiger partial charge in [0.2, 0.25) is 0 Å². The van der Waals surface area contributed by atoms with Gasteiger partial charge in [0.25, 0.3) is 5.91 Å². The number of carbonyl (C=O) groups excluding carboxylic acids is 1. The van der Waals surface area contributed by atoms with Crippen molar-refractivity contribution in [1.82, 2.24) is 25.6 Å². The molecule has 1 aromatic heterocycles. The molecule has 1 saturated heterocycles. The number of aromatic nitrogens is 3. The first-order chi connectivity index (χ1) is 11.3. The molecule has 2 N–H and O–H groups in total. The first kappa shape index (κ1) is 15.5. The zero-order valence-electron chi connectivity index (χ0n) is 13.2. The van der Waals surface area contributed by atoms with E-state index in [2.05, 4.69) is 20.9 Å². The number of methoxy groups -OCH3 is 1. The van der Waals surface area contributed by atoms with Crippen LogP contribution in [0.5, 0.6) is 5.75 Å². The SMILES string of the molecule is COc1ccccc1CNC(=O)c1cn(C2CCNCC2)nn1. The molecule has 23 heavy (non-hydrogen) atoms. The van der Waals surface area contributed by atoms with Crippen LogP contribution in [0, 0.1) is 0 Å². The van der Waals surface area contributed by atoms with Crippen LogP contribution in [0.4, 0.5) is 0 Å². The van der Waals surface area contributed by atoms with E-state index in [0.29, 0.717) is 18.3 Å². The van der Waals surface area contributed by atoms with Gasteiger partial charge in [0.1, 0.15) is 5.75 Å². The lowest BCUT2D eigenvalue weighted by molar-refractivity contribution is 0.0945. The predicted molar refractivity (Wildman–Crippen MR) is 85.3 cm³/mol. The van der Waals surface area contributed by atoms with Gasteiger partial charge in [-0.1, -0.05) is 23.4 Å². The third-order valence-corrected chi connectivity index (χ3v) is 4.06. The van der Waals surface area contributed by atoms with E-state index in [0.717, 1.165) is 37.2 Å². The van der Waals surface area contributed by atoms with Gasteiger partial charge >= 0.3 is 0 Å². The van der Waals surface area contributed by atoms with E-state index in [4.69, 9.17) is 4.74 Å². The van der Waals surface area contributed by atoms with E-state index in [-0.39, 0.29) is 5.91 Å². The Bertz CT molecular complexity index is 664. The first-order valence-corrected chi connectivity index (χ1v) is 7.80. The number of benzene rings is 1. The molecule has 7 nitrogen and oxygen atoms in total. The van der Waals surface area contributed by atoms with Crippen molar-refractivity contribution in [3.05, 3.63) is 41.7 Å². The summed E-state index contributed by atoms with van der Waals surface area (Å²) in [6, 6.07) is 7.92. The highest BCUT2D eigenvalue weighted by atomic mass is 16.5. The number of hydrogen-bond acceptors (Lipinski definition) is 5. The van der Waals surface area contributed by atoms with E-state index >= 15 is 0 Å². The third kappa shape index (κ3) is 3.68. The van der Waals surface area contributed by atoms with Crippen molar-refractivity contribution in [2.24, 2.45) is 0 Å². The van der Waals surface area contributed by atoms with Crippen molar-refractivity contribution < 1.29 is 9.53 Å². The molecule has 2 aromatic rings. The van der Waals surface area contributed by atoms with Crippen molar-refractivity contribution in [2.75, 3.05) is 20.2 Å². The molecule has 7 heteroatoms. The summed E-state index contributed by atoms with van der Waals surface area (Å²) in [5.74, 6) is 0.530. The molecule has 2 heterocycles. The number of para-hydroxylation sites is 1. The summed E-state index contributed by atoms with van der Waals surface area (Å²) >= 11 is 0. The van der Waals surface area contributed by atoms with E-state index in [1.54, 1.807) is 18.0 Å². The molecule has 1 amide bonds. The number of hydrogen-bond donors (Lipinski definition) is 2. The minimum absolute atomic E-state index is 0.226. The Morgan fingerprint density at radius 2 is 2.17 bits per heavy atom. The molecular formula is C16H21N5O2. The van der Waals surface area contributed by atoms with Crippen LogP contribution >= 0.6 is 0 Å². The zero-order valence-corrected chi connectivity index (χ0v) is 13.2. The Kier molecular flexibility index (Phi) is 4.87. The van der Waals surface area contributed by atoms with E-state index in [1.807, 2.05) is 24.3 Å². The highest BCUT2D eigenvalue weighted by Gasteiger charge is 2.18. The predicted octanol–water partition coefficient (Wildman–Crippen LogP) is 1.14. The molecule has 0 atom stereocenters. The lowest BCUT2D eigenvalue weighted by Gasteiger charge is -2.22. The fourth-order valence-electron chi connectivity index (χ4n) is 2.75. The summed E-state index contributed by atoms with van der Waals surface area (Å²) in [6.45, 7) is 2.34. The molecule has 0 spiro atoms. The highest BCUT2D eigenvalue weighted by Crippen LogP contribution is 2.18. The quantitative estimate of drug-likeness (QED) is 0.865. The van der Waals surface area contributed by atoms with Gasteiger partial charge < -0.3 is 15.4 Å². The van der Waals surface area contributed by atoms with Crippen molar-refractivity contribution in [1.29, 1.82) is 0 Å². The normalized spacial score (nSPS) is 15.3. The summed E-state index contributed by atoms with van der Waals surface area (Å²) in [5.41, 5.74) is 1.27. The van der Waals surface area contributed by atoms with Gasteiger partial charge in [-0.15, -0.1) is 5.10 Å². The first-order valence-electron chi connectivity index (χ1n) is 7.80. The number of carbonyl (C=O) groups is 1. The van der Waals surface area contributed by atoms with E-state index < -0.39 is 0 Å². The number of amides is 1. The molecule has 0 saturated carbocycles. The Labute approximate surface area is 135 Å². The van der Waals surface area contributed by atoms with Crippen LogP contribution in [0.25, 0.3) is 0 Å². The average Bonchev–Trinajstić information content (AvgIpc) is 3.11. The van der Waals surface area contributed by atoms with E-state index in [9.17, 15) is 4.79 Å². The van der Waals surface area contributed by atoms with Gasteiger partial charge in [0.15, 0.2) is 5.69 Å². The minimum Gasteiger partial charge on any atom is -0.496 e. The number of rotatable bonds is 5. The molecule has 0 aliphatic carbocycles. The second-order valence-electron chi connectivity index (χ2n) is 5.56. The second-order valence-corrected chi connectivity index (χ2v) is 5.56. The Morgan fingerprint density at radius 3 is 2.96 bits per heavy atom. The molecule has 0 unspecified atom stereocenters. The number of nitrogens with one attached hydrogen (secondary N) is 2. The van der Waals surface area contributed by atoms with E-state index in [1.165, 1.54) is 0 Å². The van der Waals surface area contributed by atoms with Crippen LogP contribution < -0.4 is 15.4 Å². The van der Waals surface area contributed by atoms with Gasteiger partial charge in [-0.25, -0.2) is 4.68 Å². The average molecular weight is 315 g/mol. The Hall–Kier alpha value is -2.41. The Balaban J connectivity index is 1.61. The molecular weight excluding hydrogens is 294 g/mol. The summed E-state index contributed by atoms with van der Waals surface area (Å²) in [4.78, 5) is 12.2. The van der Waals surface area contributed by atoms with Gasteiger partial charge in [-0.2, -0.15) is 0 Å². The second kappa shape index (κ2) is 7.23. The van der Waals surface area contributed by atoms with Gasteiger partial charge in [0.05, 0.1) is 19.3 Å². The summed E-state index contributed by atoms with van der Waals surface area (Å²) in [7, 11) is 1.62. The zero-order chi connectivity index (χ0) is 16.1. The van der Waals surface area contributed by atoms with Crippen LogP contribution in [0.3, 0.4) is 0 Å². The Morgan fingerprint density at radius 1 is 1.39 bits per heavy atom.